The Labute approximate surface area is 161 Å². The van der Waals surface area contributed by atoms with E-state index >= 15 is 0 Å². The highest BCUT2D eigenvalue weighted by atomic mass is 16.6. The summed E-state index contributed by atoms with van der Waals surface area (Å²) in [4.78, 5) is 27.9. The molecule has 0 aliphatic carbocycles. The lowest BCUT2D eigenvalue weighted by Crippen LogP contribution is -2.28. The van der Waals surface area contributed by atoms with Crippen LogP contribution in [0.15, 0.2) is 72.9 Å². The number of carbonyl (C=O) groups excluding carboxylic acids is 2. The Morgan fingerprint density at radius 2 is 1.86 bits per heavy atom. The number of carbonyl (C=O) groups is 2. The molecule has 1 aromatic heterocycles. The van der Waals surface area contributed by atoms with E-state index in [-0.39, 0.29) is 12.3 Å². The van der Waals surface area contributed by atoms with E-state index in [0.717, 1.165) is 11.3 Å². The molecule has 1 N–H and O–H groups in total. The first-order chi connectivity index (χ1) is 13.7. The second-order valence-corrected chi connectivity index (χ2v) is 5.67. The minimum Gasteiger partial charge on any atom is -0.464 e. The zero-order chi connectivity index (χ0) is 19.8. The number of nitrogens with one attached hydrogen (secondary N) is 1. The molecule has 142 valence electrons. The Kier molecular flexibility index (Phi) is 6.14. The van der Waals surface area contributed by atoms with Gasteiger partial charge in [0.05, 0.1) is 12.8 Å². The maximum absolute atomic E-state index is 12.0. The van der Waals surface area contributed by atoms with Crippen molar-refractivity contribution in [3.8, 4) is 5.69 Å². The summed E-state index contributed by atoms with van der Waals surface area (Å²) < 4.78 is 11.5. The van der Waals surface area contributed by atoms with Gasteiger partial charge >= 0.3 is 12.1 Å². The monoisotopic (exact) mass is 378 g/mol. The molecular formula is C20H18N4O4. The summed E-state index contributed by atoms with van der Waals surface area (Å²) in [6, 6.07) is 16.4. The Bertz CT molecular complexity index is 952. The summed E-state index contributed by atoms with van der Waals surface area (Å²) in [7, 11) is 1.24. The molecule has 28 heavy (non-hydrogen) atoms. The van der Waals surface area contributed by atoms with E-state index in [4.69, 9.17) is 9.47 Å². The molecule has 0 atom stereocenters. The van der Waals surface area contributed by atoms with E-state index in [1.165, 1.54) is 19.5 Å². The minimum atomic E-state index is -0.750. The SMILES string of the molecule is COC(=O)C(=Cc1ccc(-n2cncn2)cc1)NC(=O)OCc1ccccc1. The van der Waals surface area contributed by atoms with Gasteiger partial charge in [-0.05, 0) is 29.3 Å². The summed E-state index contributed by atoms with van der Waals surface area (Å²) in [6.07, 6.45) is 3.77. The topological polar surface area (TPSA) is 95.3 Å². The number of benzene rings is 2. The zero-order valence-electron chi connectivity index (χ0n) is 15.1. The molecule has 1 amide bonds. The summed E-state index contributed by atoms with van der Waals surface area (Å²) in [6.45, 7) is 0.0910. The largest absolute Gasteiger partial charge is 0.464 e. The number of hydrogen-bond donors (Lipinski definition) is 1. The number of nitrogens with zero attached hydrogens (tertiary/aromatic N) is 3. The number of alkyl carbamates (subject to hydrolysis) is 1. The average Bonchev–Trinajstić information content (AvgIpc) is 3.27. The summed E-state index contributed by atoms with van der Waals surface area (Å²) in [5.41, 5.74) is 2.30. The Morgan fingerprint density at radius 3 is 2.50 bits per heavy atom. The van der Waals surface area contributed by atoms with Crippen molar-refractivity contribution in [2.45, 2.75) is 6.61 Å². The van der Waals surface area contributed by atoms with Crippen molar-refractivity contribution in [3.05, 3.63) is 84.1 Å². The van der Waals surface area contributed by atoms with Gasteiger partial charge in [0.25, 0.3) is 0 Å². The van der Waals surface area contributed by atoms with E-state index in [1.807, 2.05) is 42.5 Å². The number of methoxy groups -OCH3 is 1. The average molecular weight is 378 g/mol. The predicted octanol–water partition coefficient (Wildman–Crippen LogP) is 2.71. The number of esters is 1. The number of ether oxygens (including phenoxy) is 2. The minimum absolute atomic E-state index is 0.0333. The summed E-state index contributed by atoms with van der Waals surface area (Å²) >= 11 is 0. The molecular weight excluding hydrogens is 360 g/mol. The third-order valence-corrected chi connectivity index (χ3v) is 3.74. The fraction of sp³-hybridized carbons (Fsp3) is 0.100. The molecule has 3 aromatic rings. The second-order valence-electron chi connectivity index (χ2n) is 5.67. The molecule has 0 aliphatic heterocycles. The zero-order valence-corrected chi connectivity index (χ0v) is 15.1. The van der Waals surface area contributed by atoms with E-state index in [0.29, 0.717) is 5.56 Å². The first kappa shape index (κ1) is 18.8. The lowest BCUT2D eigenvalue weighted by Gasteiger charge is -2.09. The first-order valence-corrected chi connectivity index (χ1v) is 8.38. The molecule has 0 unspecified atom stereocenters. The van der Waals surface area contributed by atoms with Gasteiger partial charge in [-0.3, -0.25) is 5.32 Å². The molecule has 3 rings (SSSR count). The maximum Gasteiger partial charge on any atom is 0.412 e. The normalized spacial score (nSPS) is 11.0. The van der Waals surface area contributed by atoms with Gasteiger partial charge in [-0.2, -0.15) is 5.10 Å². The van der Waals surface area contributed by atoms with Crippen LogP contribution in [0.1, 0.15) is 11.1 Å². The highest BCUT2D eigenvalue weighted by Gasteiger charge is 2.14. The quantitative estimate of drug-likeness (QED) is 0.523. The number of hydrogen-bond acceptors (Lipinski definition) is 6. The van der Waals surface area contributed by atoms with E-state index in [1.54, 1.807) is 23.1 Å². The predicted molar refractivity (Wildman–Crippen MR) is 101 cm³/mol. The molecule has 0 saturated carbocycles. The maximum atomic E-state index is 12.0. The standard InChI is InChI=1S/C20H18N4O4/c1-27-19(25)18(23-20(26)28-12-16-5-3-2-4-6-16)11-15-7-9-17(10-8-15)24-14-21-13-22-24/h2-11,13-14H,12H2,1H3,(H,23,26). The van der Waals surface area contributed by atoms with Gasteiger partial charge in [-0.15, -0.1) is 0 Å². The molecule has 8 heteroatoms. The van der Waals surface area contributed by atoms with Crippen LogP contribution in [-0.4, -0.2) is 33.9 Å². The Morgan fingerprint density at radius 1 is 1.11 bits per heavy atom. The summed E-state index contributed by atoms with van der Waals surface area (Å²) in [5, 5.41) is 6.47. The van der Waals surface area contributed by atoms with Gasteiger partial charge in [0.15, 0.2) is 0 Å². The van der Waals surface area contributed by atoms with Crippen LogP contribution in [0.5, 0.6) is 0 Å². The van der Waals surface area contributed by atoms with E-state index in [9.17, 15) is 9.59 Å². The highest BCUT2D eigenvalue weighted by molar-refractivity contribution is 5.96. The van der Waals surface area contributed by atoms with Gasteiger partial charge in [0.1, 0.15) is 25.0 Å². The van der Waals surface area contributed by atoms with E-state index < -0.39 is 12.1 Å². The third kappa shape index (κ3) is 5.04. The Hall–Kier alpha value is -3.94. The third-order valence-electron chi connectivity index (χ3n) is 3.74. The van der Waals surface area contributed by atoms with Crippen molar-refractivity contribution in [1.29, 1.82) is 0 Å². The van der Waals surface area contributed by atoms with Crippen LogP contribution in [0.3, 0.4) is 0 Å². The van der Waals surface area contributed by atoms with Crippen molar-refractivity contribution < 1.29 is 19.1 Å². The van der Waals surface area contributed by atoms with Gasteiger partial charge in [0, 0.05) is 0 Å². The number of amides is 1. The molecule has 0 aliphatic rings. The molecule has 2 aromatic carbocycles. The first-order valence-electron chi connectivity index (χ1n) is 8.38. The molecule has 0 saturated heterocycles. The molecule has 0 bridgehead atoms. The van der Waals surface area contributed by atoms with Crippen LogP contribution in [0, 0.1) is 0 Å². The van der Waals surface area contributed by atoms with E-state index in [2.05, 4.69) is 15.4 Å². The number of aromatic nitrogens is 3. The molecule has 0 fully saturated rings. The van der Waals surface area contributed by atoms with Gasteiger partial charge < -0.3 is 9.47 Å². The highest BCUT2D eigenvalue weighted by Crippen LogP contribution is 2.12. The lowest BCUT2D eigenvalue weighted by atomic mass is 10.1. The van der Waals surface area contributed by atoms with Crippen molar-refractivity contribution in [3.63, 3.8) is 0 Å². The van der Waals surface area contributed by atoms with Crippen LogP contribution < -0.4 is 5.32 Å². The molecule has 0 radical (unpaired) electrons. The lowest BCUT2D eigenvalue weighted by molar-refractivity contribution is -0.136. The molecule has 0 spiro atoms. The fourth-order valence-corrected chi connectivity index (χ4v) is 2.36. The Balaban J connectivity index is 1.68. The molecule has 1 heterocycles. The molecule has 8 nitrogen and oxygen atoms in total. The van der Waals surface area contributed by atoms with Crippen molar-refractivity contribution >= 4 is 18.1 Å². The number of rotatable bonds is 6. The summed E-state index contributed by atoms with van der Waals surface area (Å²) in [5.74, 6) is -0.683. The van der Waals surface area contributed by atoms with Gasteiger partial charge in [0.2, 0.25) is 0 Å². The van der Waals surface area contributed by atoms with Crippen LogP contribution in [-0.2, 0) is 20.9 Å². The van der Waals surface area contributed by atoms with Crippen molar-refractivity contribution in [1.82, 2.24) is 20.1 Å². The van der Waals surface area contributed by atoms with Crippen molar-refractivity contribution in [2.24, 2.45) is 0 Å². The van der Waals surface area contributed by atoms with Gasteiger partial charge in [-0.1, -0.05) is 42.5 Å². The van der Waals surface area contributed by atoms with Crippen LogP contribution in [0.2, 0.25) is 0 Å². The smallest absolute Gasteiger partial charge is 0.412 e. The second kappa shape index (κ2) is 9.13. The van der Waals surface area contributed by atoms with Crippen LogP contribution in [0.4, 0.5) is 4.79 Å². The fourth-order valence-electron chi connectivity index (χ4n) is 2.36. The van der Waals surface area contributed by atoms with Crippen molar-refractivity contribution in [2.75, 3.05) is 7.11 Å². The van der Waals surface area contributed by atoms with Crippen LogP contribution in [0.25, 0.3) is 11.8 Å². The van der Waals surface area contributed by atoms with Gasteiger partial charge in [-0.25, -0.2) is 19.3 Å². The van der Waals surface area contributed by atoms with Crippen LogP contribution >= 0.6 is 0 Å².